The van der Waals surface area contributed by atoms with Gasteiger partial charge >= 0.3 is 0 Å². The molecule has 7 atom stereocenters. The zero-order valence-corrected chi connectivity index (χ0v) is 19.4. The van der Waals surface area contributed by atoms with Crippen LogP contribution in [0.25, 0.3) is 0 Å². The van der Waals surface area contributed by atoms with Gasteiger partial charge in [-0.15, -0.1) is 0 Å². The molecule has 5 aliphatic rings. The SMILES string of the molecule is N#C[C@@H]1CC2C[C@@H]2N1C(=O)[C@@H](N)CN1C[C@H]2C[C@@H]1C(=O)N2[C@@H](c1ccc(F)cc1)C1CCCC1. The zero-order chi connectivity index (χ0) is 23.6. The highest BCUT2D eigenvalue weighted by atomic mass is 19.1. The van der Waals surface area contributed by atoms with E-state index in [1.807, 2.05) is 12.1 Å². The first-order chi connectivity index (χ1) is 16.5. The van der Waals surface area contributed by atoms with Crippen LogP contribution in [0.2, 0.25) is 0 Å². The molecule has 1 unspecified atom stereocenters. The minimum Gasteiger partial charge on any atom is -0.330 e. The number of halogens is 1. The quantitative estimate of drug-likeness (QED) is 0.695. The van der Waals surface area contributed by atoms with Gasteiger partial charge in [-0.25, -0.2) is 4.39 Å². The fraction of sp³-hybridized carbons (Fsp3) is 0.654. The van der Waals surface area contributed by atoms with Crippen molar-refractivity contribution in [2.45, 2.75) is 81.2 Å². The molecule has 2 N–H and O–H groups in total. The summed E-state index contributed by atoms with van der Waals surface area (Å²) in [6.45, 7) is 1.05. The predicted octanol–water partition coefficient (Wildman–Crippen LogP) is 2.18. The highest BCUT2D eigenvalue weighted by molar-refractivity contribution is 5.87. The fourth-order valence-corrected chi connectivity index (χ4v) is 7.26. The van der Waals surface area contributed by atoms with Gasteiger partial charge in [0.15, 0.2) is 0 Å². The maximum Gasteiger partial charge on any atom is 0.242 e. The van der Waals surface area contributed by atoms with Gasteiger partial charge in [-0.2, -0.15) is 5.26 Å². The number of nitrogens with two attached hydrogens (primary N) is 1. The van der Waals surface area contributed by atoms with Crippen molar-refractivity contribution < 1.29 is 14.0 Å². The van der Waals surface area contributed by atoms with E-state index in [1.54, 1.807) is 4.90 Å². The number of piperazine rings is 1. The van der Waals surface area contributed by atoms with Crippen LogP contribution in [0.5, 0.6) is 0 Å². The molecule has 2 aliphatic carbocycles. The van der Waals surface area contributed by atoms with E-state index in [0.717, 1.165) is 37.7 Å². The first-order valence-corrected chi connectivity index (χ1v) is 12.8. The Hall–Kier alpha value is -2.50. The third-order valence-corrected chi connectivity index (χ3v) is 8.93. The van der Waals surface area contributed by atoms with Crippen molar-refractivity contribution in [2.75, 3.05) is 13.1 Å². The third-order valence-electron chi connectivity index (χ3n) is 8.93. The van der Waals surface area contributed by atoms with E-state index in [-0.39, 0.29) is 47.8 Å². The van der Waals surface area contributed by atoms with Crippen LogP contribution in [0.1, 0.15) is 56.6 Å². The van der Waals surface area contributed by atoms with E-state index in [0.29, 0.717) is 24.9 Å². The van der Waals surface area contributed by atoms with Gasteiger partial charge in [0.25, 0.3) is 0 Å². The molecule has 0 spiro atoms. The number of hydrogen-bond donors (Lipinski definition) is 1. The molecule has 34 heavy (non-hydrogen) atoms. The highest BCUT2D eigenvalue weighted by Crippen LogP contribution is 2.48. The predicted molar refractivity (Wildman–Crippen MR) is 122 cm³/mol. The molecule has 3 aliphatic heterocycles. The summed E-state index contributed by atoms with van der Waals surface area (Å²) in [4.78, 5) is 32.5. The second-order valence-electron chi connectivity index (χ2n) is 10.9. The summed E-state index contributed by atoms with van der Waals surface area (Å²) in [6.07, 6.45) is 7.00. The number of amides is 2. The monoisotopic (exact) mass is 465 g/mol. The number of nitrogens with zero attached hydrogens (tertiary/aromatic N) is 4. The molecular formula is C26H32FN5O2. The van der Waals surface area contributed by atoms with Crippen LogP contribution >= 0.6 is 0 Å². The van der Waals surface area contributed by atoms with Crippen molar-refractivity contribution in [3.05, 3.63) is 35.6 Å². The smallest absolute Gasteiger partial charge is 0.242 e. The van der Waals surface area contributed by atoms with Crippen molar-refractivity contribution in [2.24, 2.45) is 17.6 Å². The summed E-state index contributed by atoms with van der Waals surface area (Å²) in [5.74, 6) is 0.546. The molecule has 7 nitrogen and oxygen atoms in total. The fourth-order valence-electron chi connectivity index (χ4n) is 7.26. The number of hydrogen-bond acceptors (Lipinski definition) is 5. The molecule has 1 aromatic rings. The van der Waals surface area contributed by atoms with E-state index >= 15 is 0 Å². The molecule has 3 heterocycles. The average Bonchev–Trinajstić information content (AvgIpc) is 3.25. The lowest BCUT2D eigenvalue weighted by molar-refractivity contribution is -0.142. The lowest BCUT2D eigenvalue weighted by Crippen LogP contribution is -2.57. The van der Waals surface area contributed by atoms with Crippen LogP contribution < -0.4 is 5.73 Å². The molecule has 0 aromatic heterocycles. The minimum atomic E-state index is -0.724. The molecule has 8 heteroatoms. The van der Waals surface area contributed by atoms with Gasteiger partial charge in [0.05, 0.1) is 24.2 Å². The molecule has 180 valence electrons. The molecule has 2 amide bonds. The average molecular weight is 466 g/mol. The van der Waals surface area contributed by atoms with Crippen LogP contribution in [0.4, 0.5) is 4.39 Å². The Kier molecular flexibility index (Phi) is 5.38. The van der Waals surface area contributed by atoms with Gasteiger partial charge in [0, 0.05) is 25.2 Å². The van der Waals surface area contributed by atoms with Crippen LogP contribution in [-0.2, 0) is 9.59 Å². The molecule has 6 rings (SSSR count). The number of likely N-dealkylation sites (tertiary alicyclic amines) is 3. The first kappa shape index (κ1) is 22.0. The molecule has 2 saturated carbocycles. The summed E-state index contributed by atoms with van der Waals surface area (Å²) < 4.78 is 13.6. The minimum absolute atomic E-state index is 0.0177. The van der Waals surface area contributed by atoms with Gasteiger partial charge in [-0.05, 0) is 61.6 Å². The van der Waals surface area contributed by atoms with Crippen molar-refractivity contribution in [1.29, 1.82) is 5.26 Å². The van der Waals surface area contributed by atoms with Gasteiger partial charge < -0.3 is 15.5 Å². The van der Waals surface area contributed by atoms with Crippen molar-refractivity contribution in [1.82, 2.24) is 14.7 Å². The normalized spacial score (nSPS) is 34.4. The number of carbonyl (C=O) groups excluding carboxylic acids is 2. The highest BCUT2D eigenvalue weighted by Gasteiger charge is 2.56. The van der Waals surface area contributed by atoms with E-state index in [9.17, 15) is 19.2 Å². The maximum atomic E-state index is 13.6. The molecule has 2 bridgehead atoms. The molecule has 5 fully saturated rings. The van der Waals surface area contributed by atoms with Gasteiger partial charge in [-0.1, -0.05) is 25.0 Å². The number of nitriles is 1. The number of piperidine rings is 1. The largest absolute Gasteiger partial charge is 0.330 e. The van der Waals surface area contributed by atoms with Crippen molar-refractivity contribution in [3.8, 4) is 6.07 Å². The van der Waals surface area contributed by atoms with E-state index in [2.05, 4.69) is 15.9 Å². The summed E-state index contributed by atoms with van der Waals surface area (Å²) >= 11 is 0. The molecule has 3 saturated heterocycles. The van der Waals surface area contributed by atoms with Gasteiger partial charge in [0.2, 0.25) is 11.8 Å². The van der Waals surface area contributed by atoms with Gasteiger partial charge in [-0.3, -0.25) is 14.5 Å². The lowest BCUT2D eigenvalue weighted by Gasteiger charge is -2.42. The van der Waals surface area contributed by atoms with Crippen LogP contribution in [0.15, 0.2) is 24.3 Å². The number of rotatable bonds is 6. The van der Waals surface area contributed by atoms with E-state index in [4.69, 9.17) is 5.73 Å². The topological polar surface area (TPSA) is 93.7 Å². The van der Waals surface area contributed by atoms with Crippen LogP contribution in [-0.4, -0.2) is 69.8 Å². The first-order valence-electron chi connectivity index (χ1n) is 12.8. The molecule has 0 radical (unpaired) electrons. The standard InChI is InChI=1S/C26H32FN5O2/c27-18-7-5-16(6-8-18)24(15-3-1-2-4-15)32-20-11-23(26(32)34)30(13-20)14-21(29)25(33)31-19(12-28)9-17-10-22(17)31/h5-8,15,17,19-24H,1-4,9-11,13-14,29H2/t17?,19-,20+,21-,22-,23+,24+/m0/s1. The van der Waals surface area contributed by atoms with E-state index in [1.165, 1.54) is 25.0 Å². The Morgan fingerprint density at radius 1 is 1.18 bits per heavy atom. The lowest BCUT2D eigenvalue weighted by atomic mass is 9.89. The Morgan fingerprint density at radius 3 is 2.59 bits per heavy atom. The van der Waals surface area contributed by atoms with Crippen molar-refractivity contribution >= 4 is 11.8 Å². The zero-order valence-electron chi connectivity index (χ0n) is 19.4. The Morgan fingerprint density at radius 2 is 1.91 bits per heavy atom. The summed E-state index contributed by atoms with van der Waals surface area (Å²) in [5.41, 5.74) is 7.37. The Balaban J connectivity index is 1.16. The maximum absolute atomic E-state index is 13.6. The molecule has 1 aromatic carbocycles. The molecular weight excluding hydrogens is 433 g/mol. The number of benzene rings is 1. The van der Waals surface area contributed by atoms with E-state index < -0.39 is 6.04 Å². The second-order valence-corrected chi connectivity index (χ2v) is 10.9. The number of fused-ring (bicyclic) bond motifs is 3. The Labute approximate surface area is 199 Å². The summed E-state index contributed by atoms with van der Waals surface area (Å²) in [5, 5.41) is 9.42. The summed E-state index contributed by atoms with van der Waals surface area (Å²) in [7, 11) is 0. The third kappa shape index (κ3) is 3.52. The second kappa shape index (κ2) is 8.31. The number of carbonyl (C=O) groups is 2. The van der Waals surface area contributed by atoms with Crippen LogP contribution in [0.3, 0.4) is 0 Å². The Bertz CT molecular complexity index is 1020. The van der Waals surface area contributed by atoms with Gasteiger partial charge in [0.1, 0.15) is 11.9 Å². The van der Waals surface area contributed by atoms with Crippen molar-refractivity contribution in [3.63, 3.8) is 0 Å². The summed E-state index contributed by atoms with van der Waals surface area (Å²) in [6, 6.07) is 7.80. The van der Waals surface area contributed by atoms with Crippen LogP contribution in [0, 0.1) is 29.0 Å².